The molecule has 0 aliphatic heterocycles. The van der Waals surface area contributed by atoms with Gasteiger partial charge in [-0.15, -0.1) is 0 Å². The quantitative estimate of drug-likeness (QED) is 0.868. The van der Waals surface area contributed by atoms with E-state index in [0.717, 1.165) is 24.8 Å². The van der Waals surface area contributed by atoms with E-state index in [0.29, 0.717) is 11.4 Å². The Kier molecular flexibility index (Phi) is 4.06. The fourth-order valence-corrected chi connectivity index (χ4v) is 4.13. The molecule has 3 rings (SSSR count). The lowest BCUT2D eigenvalue weighted by molar-refractivity contribution is 0.466. The fraction of sp³-hybridized carbons (Fsp3) is 0.333. The molecule has 0 amide bonds. The normalized spacial score (nSPS) is 14.3. The number of benzene rings is 2. The maximum atomic E-state index is 12.7. The molecule has 0 aromatic heterocycles. The van der Waals surface area contributed by atoms with Gasteiger partial charge in [0.2, 0.25) is 10.0 Å². The first-order valence-corrected chi connectivity index (χ1v) is 9.04. The molecular weight excluding hydrogens is 294 g/mol. The van der Waals surface area contributed by atoms with E-state index in [1.165, 1.54) is 21.0 Å². The van der Waals surface area contributed by atoms with E-state index in [1.807, 2.05) is 43.3 Å². The highest BCUT2D eigenvalue weighted by Crippen LogP contribution is 2.26. The van der Waals surface area contributed by atoms with Crippen molar-refractivity contribution in [3.63, 3.8) is 0 Å². The van der Waals surface area contributed by atoms with Gasteiger partial charge in [0.1, 0.15) is 0 Å². The van der Waals surface area contributed by atoms with Gasteiger partial charge in [-0.2, -0.15) is 4.31 Å². The van der Waals surface area contributed by atoms with Crippen molar-refractivity contribution in [3.05, 3.63) is 64.7 Å². The summed E-state index contributed by atoms with van der Waals surface area (Å²) in [6.07, 6.45) is 3.17. The Balaban J connectivity index is 1.84. The summed E-state index contributed by atoms with van der Waals surface area (Å²) >= 11 is 0. The zero-order chi connectivity index (χ0) is 15.7. The molecule has 0 bridgehead atoms. The molecule has 0 N–H and O–H groups in total. The van der Waals surface area contributed by atoms with Crippen LogP contribution in [0.5, 0.6) is 0 Å². The van der Waals surface area contributed by atoms with E-state index >= 15 is 0 Å². The van der Waals surface area contributed by atoms with Gasteiger partial charge < -0.3 is 0 Å². The molecule has 0 fully saturated rings. The third-order valence-electron chi connectivity index (χ3n) is 4.30. The minimum absolute atomic E-state index is 0.389. The molecule has 2 aromatic carbocycles. The molecule has 0 heterocycles. The van der Waals surface area contributed by atoms with Gasteiger partial charge in [0, 0.05) is 13.6 Å². The first kappa shape index (κ1) is 15.3. The van der Waals surface area contributed by atoms with Crippen LogP contribution in [0, 0.1) is 6.92 Å². The van der Waals surface area contributed by atoms with Gasteiger partial charge in [0.15, 0.2) is 0 Å². The number of hydrogen-bond donors (Lipinski definition) is 0. The first-order chi connectivity index (χ1) is 10.5. The van der Waals surface area contributed by atoms with E-state index in [-0.39, 0.29) is 0 Å². The Bertz CT molecular complexity index is 779. The summed E-state index contributed by atoms with van der Waals surface area (Å²) in [4.78, 5) is 0.405. The van der Waals surface area contributed by atoms with Crippen molar-refractivity contribution in [3.8, 4) is 0 Å². The standard InChI is InChI=1S/C18H21NO2S/c1-14-6-8-15(9-7-14)13-19(2)22(20,21)18-11-10-16-4-3-5-17(16)12-18/h6-12H,3-5,13H2,1-2H3. The molecule has 0 unspecified atom stereocenters. The number of rotatable bonds is 4. The monoisotopic (exact) mass is 315 g/mol. The predicted octanol–water partition coefficient (Wildman–Crippen LogP) is 3.30. The molecular formula is C18H21NO2S. The SMILES string of the molecule is Cc1ccc(CN(C)S(=O)(=O)c2ccc3c(c2)CCC3)cc1. The summed E-state index contributed by atoms with van der Waals surface area (Å²) in [6.45, 7) is 2.41. The average Bonchev–Trinajstić information content (AvgIpc) is 2.97. The van der Waals surface area contributed by atoms with Gasteiger partial charge in [0.05, 0.1) is 4.90 Å². The van der Waals surface area contributed by atoms with Gasteiger partial charge >= 0.3 is 0 Å². The fourth-order valence-electron chi connectivity index (χ4n) is 2.92. The molecule has 0 saturated carbocycles. The van der Waals surface area contributed by atoms with Gasteiger partial charge in [0.25, 0.3) is 0 Å². The number of nitrogens with zero attached hydrogens (tertiary/aromatic N) is 1. The minimum Gasteiger partial charge on any atom is -0.207 e. The molecule has 3 nitrogen and oxygen atoms in total. The molecule has 0 spiro atoms. The largest absolute Gasteiger partial charge is 0.243 e. The highest BCUT2D eigenvalue weighted by Gasteiger charge is 2.23. The van der Waals surface area contributed by atoms with E-state index in [2.05, 4.69) is 0 Å². The van der Waals surface area contributed by atoms with E-state index in [9.17, 15) is 8.42 Å². The summed E-state index contributed by atoms with van der Waals surface area (Å²) in [7, 11) is -1.79. The Labute approximate surface area is 132 Å². The van der Waals surface area contributed by atoms with Crippen molar-refractivity contribution in [2.24, 2.45) is 0 Å². The third kappa shape index (κ3) is 2.94. The summed E-state index contributed by atoms with van der Waals surface area (Å²) in [5.41, 5.74) is 4.65. The molecule has 116 valence electrons. The topological polar surface area (TPSA) is 37.4 Å². The van der Waals surface area contributed by atoms with Gasteiger partial charge in [-0.05, 0) is 55.0 Å². The third-order valence-corrected chi connectivity index (χ3v) is 6.10. The van der Waals surface area contributed by atoms with Crippen LogP contribution in [0.4, 0.5) is 0 Å². The van der Waals surface area contributed by atoms with Crippen LogP contribution in [0.1, 0.15) is 28.7 Å². The van der Waals surface area contributed by atoms with Crippen LogP contribution >= 0.6 is 0 Å². The van der Waals surface area contributed by atoms with Crippen LogP contribution in [0.15, 0.2) is 47.4 Å². The molecule has 4 heteroatoms. The van der Waals surface area contributed by atoms with Crippen molar-refractivity contribution >= 4 is 10.0 Å². The number of hydrogen-bond acceptors (Lipinski definition) is 2. The molecule has 1 aliphatic carbocycles. The van der Waals surface area contributed by atoms with Crippen LogP contribution in [0.2, 0.25) is 0 Å². The highest BCUT2D eigenvalue weighted by molar-refractivity contribution is 7.89. The molecule has 2 aromatic rings. The van der Waals surface area contributed by atoms with Crippen LogP contribution in [-0.4, -0.2) is 19.8 Å². The summed E-state index contributed by atoms with van der Waals surface area (Å²) in [5.74, 6) is 0. The molecule has 0 radical (unpaired) electrons. The van der Waals surface area contributed by atoms with Crippen molar-refractivity contribution in [1.29, 1.82) is 0 Å². The lowest BCUT2D eigenvalue weighted by Gasteiger charge is -2.18. The Morgan fingerprint density at radius 1 is 1.00 bits per heavy atom. The second kappa shape index (κ2) is 5.86. The van der Waals surface area contributed by atoms with Crippen LogP contribution in [0.3, 0.4) is 0 Å². The van der Waals surface area contributed by atoms with Crippen LogP contribution in [-0.2, 0) is 29.4 Å². The van der Waals surface area contributed by atoms with E-state index < -0.39 is 10.0 Å². The summed E-state index contributed by atoms with van der Waals surface area (Å²) < 4.78 is 26.9. The smallest absolute Gasteiger partial charge is 0.207 e. The summed E-state index contributed by atoms with van der Waals surface area (Å²) in [6, 6.07) is 13.5. The van der Waals surface area contributed by atoms with Crippen LogP contribution < -0.4 is 0 Å². The Morgan fingerprint density at radius 2 is 1.68 bits per heavy atom. The van der Waals surface area contributed by atoms with Gasteiger partial charge in [-0.3, -0.25) is 0 Å². The van der Waals surface area contributed by atoms with Crippen LogP contribution in [0.25, 0.3) is 0 Å². The number of fused-ring (bicyclic) bond motifs is 1. The zero-order valence-corrected chi connectivity index (χ0v) is 13.9. The highest BCUT2D eigenvalue weighted by atomic mass is 32.2. The first-order valence-electron chi connectivity index (χ1n) is 7.60. The van der Waals surface area contributed by atoms with Crippen molar-refractivity contribution in [2.45, 2.75) is 37.6 Å². The maximum Gasteiger partial charge on any atom is 0.243 e. The lowest BCUT2D eigenvalue weighted by Crippen LogP contribution is -2.26. The molecule has 22 heavy (non-hydrogen) atoms. The van der Waals surface area contributed by atoms with Crippen molar-refractivity contribution in [1.82, 2.24) is 4.31 Å². The molecule has 0 saturated heterocycles. The van der Waals surface area contributed by atoms with E-state index in [4.69, 9.17) is 0 Å². The van der Waals surface area contributed by atoms with Crippen molar-refractivity contribution in [2.75, 3.05) is 7.05 Å². The minimum atomic E-state index is -3.44. The molecule has 1 aliphatic rings. The lowest BCUT2D eigenvalue weighted by atomic mass is 10.1. The number of sulfonamides is 1. The second-order valence-electron chi connectivity index (χ2n) is 6.03. The van der Waals surface area contributed by atoms with E-state index in [1.54, 1.807) is 13.1 Å². The van der Waals surface area contributed by atoms with Crippen molar-refractivity contribution < 1.29 is 8.42 Å². The predicted molar refractivity (Wildman–Crippen MR) is 88.3 cm³/mol. The second-order valence-corrected chi connectivity index (χ2v) is 8.08. The average molecular weight is 315 g/mol. The Morgan fingerprint density at radius 3 is 2.41 bits per heavy atom. The Hall–Kier alpha value is -1.65. The zero-order valence-electron chi connectivity index (χ0n) is 13.0. The maximum absolute atomic E-state index is 12.7. The summed E-state index contributed by atoms with van der Waals surface area (Å²) in [5, 5.41) is 0. The van der Waals surface area contributed by atoms with Gasteiger partial charge in [-0.1, -0.05) is 35.9 Å². The molecule has 0 atom stereocenters. The number of aryl methyl sites for hydroxylation is 3. The van der Waals surface area contributed by atoms with Gasteiger partial charge in [-0.25, -0.2) is 8.42 Å².